The van der Waals surface area contributed by atoms with E-state index in [1.165, 1.54) is 4.57 Å². The number of nitrogens with one attached hydrogen (secondary N) is 3. The molecule has 1 aromatic heterocycles. The molecular formula is C19H18N4O4. The molecular weight excluding hydrogens is 348 g/mol. The third-order valence-corrected chi connectivity index (χ3v) is 4.11. The fraction of sp³-hybridized carbons (Fsp3) is 0.158. The molecule has 0 saturated carbocycles. The number of aromatic nitrogens is 2. The Kier molecular flexibility index (Phi) is 5.16. The minimum atomic E-state index is -0.643. The quantitative estimate of drug-likeness (QED) is 0.605. The highest BCUT2D eigenvalue weighted by atomic mass is 16.2. The van der Waals surface area contributed by atoms with E-state index in [0.717, 1.165) is 5.56 Å². The van der Waals surface area contributed by atoms with Crippen molar-refractivity contribution in [3.05, 3.63) is 80.5 Å². The smallest absolute Gasteiger partial charge is 0.329 e. The van der Waals surface area contributed by atoms with Crippen LogP contribution in [0.3, 0.4) is 0 Å². The van der Waals surface area contributed by atoms with Crippen LogP contribution in [0.15, 0.2) is 58.1 Å². The summed E-state index contributed by atoms with van der Waals surface area (Å²) in [5, 5.41) is 5.59. The van der Waals surface area contributed by atoms with E-state index >= 15 is 0 Å². The molecule has 0 aliphatic carbocycles. The monoisotopic (exact) mass is 366 g/mol. The lowest BCUT2D eigenvalue weighted by Crippen LogP contribution is -2.36. The number of rotatable bonds is 5. The van der Waals surface area contributed by atoms with E-state index in [2.05, 4.69) is 15.6 Å². The predicted molar refractivity (Wildman–Crippen MR) is 101 cm³/mol. The van der Waals surface area contributed by atoms with Crippen molar-refractivity contribution in [1.29, 1.82) is 0 Å². The van der Waals surface area contributed by atoms with Crippen LogP contribution in [0.2, 0.25) is 0 Å². The Hall–Kier alpha value is -3.68. The number of amides is 2. The second-order valence-electron chi connectivity index (χ2n) is 5.92. The molecule has 3 aromatic rings. The van der Waals surface area contributed by atoms with Gasteiger partial charge in [0.1, 0.15) is 6.54 Å². The van der Waals surface area contributed by atoms with Crippen LogP contribution in [-0.2, 0) is 17.9 Å². The van der Waals surface area contributed by atoms with E-state index in [-0.39, 0.29) is 24.9 Å². The molecule has 27 heavy (non-hydrogen) atoms. The first kappa shape index (κ1) is 18.1. The summed E-state index contributed by atoms with van der Waals surface area (Å²) >= 11 is 0. The Morgan fingerprint density at radius 1 is 1.07 bits per heavy atom. The summed E-state index contributed by atoms with van der Waals surface area (Å²) in [6.45, 7) is -0.0228. The molecule has 8 nitrogen and oxygen atoms in total. The average Bonchev–Trinajstić information content (AvgIpc) is 2.69. The van der Waals surface area contributed by atoms with Gasteiger partial charge in [0.05, 0.1) is 10.9 Å². The van der Waals surface area contributed by atoms with Gasteiger partial charge in [-0.25, -0.2) is 4.79 Å². The van der Waals surface area contributed by atoms with Crippen LogP contribution in [0.4, 0.5) is 0 Å². The molecule has 0 unspecified atom stereocenters. The Balaban J connectivity index is 1.76. The van der Waals surface area contributed by atoms with Crippen molar-refractivity contribution < 1.29 is 9.59 Å². The minimum absolute atomic E-state index is 0.208. The van der Waals surface area contributed by atoms with E-state index in [1.807, 2.05) is 0 Å². The molecule has 138 valence electrons. The lowest BCUT2D eigenvalue weighted by molar-refractivity contribution is -0.121. The van der Waals surface area contributed by atoms with Gasteiger partial charge in [0.25, 0.3) is 11.5 Å². The highest BCUT2D eigenvalue weighted by molar-refractivity contribution is 5.94. The van der Waals surface area contributed by atoms with Gasteiger partial charge in [-0.2, -0.15) is 0 Å². The van der Waals surface area contributed by atoms with Crippen molar-refractivity contribution in [3.8, 4) is 0 Å². The number of nitrogens with zero attached hydrogens (tertiary/aromatic N) is 1. The fourth-order valence-corrected chi connectivity index (χ4v) is 2.77. The topological polar surface area (TPSA) is 113 Å². The van der Waals surface area contributed by atoms with Gasteiger partial charge in [0, 0.05) is 19.2 Å². The first-order valence-corrected chi connectivity index (χ1v) is 8.29. The van der Waals surface area contributed by atoms with E-state index < -0.39 is 11.2 Å². The van der Waals surface area contributed by atoms with Crippen LogP contribution in [0.1, 0.15) is 15.9 Å². The minimum Gasteiger partial charge on any atom is -0.355 e. The van der Waals surface area contributed by atoms with Crippen LogP contribution in [0.5, 0.6) is 0 Å². The van der Waals surface area contributed by atoms with Crippen molar-refractivity contribution in [1.82, 2.24) is 20.2 Å². The molecule has 0 saturated heterocycles. The molecule has 0 fully saturated rings. The molecule has 0 spiro atoms. The zero-order valence-electron chi connectivity index (χ0n) is 14.6. The molecule has 0 atom stereocenters. The van der Waals surface area contributed by atoms with Crippen molar-refractivity contribution in [2.45, 2.75) is 13.1 Å². The molecule has 0 aliphatic rings. The van der Waals surface area contributed by atoms with E-state index in [4.69, 9.17) is 0 Å². The van der Waals surface area contributed by atoms with Crippen LogP contribution in [0, 0.1) is 0 Å². The summed E-state index contributed by atoms with van der Waals surface area (Å²) in [4.78, 5) is 50.1. The van der Waals surface area contributed by atoms with E-state index in [1.54, 1.807) is 55.6 Å². The standard InChI is InChI=1S/C19H18N4O4/c1-20-17(25)13-6-4-5-12(9-13)10-21-16(24)11-23-15-8-3-2-7-14(15)18(26)22-19(23)27/h2-9H,10-11H2,1H3,(H,20,25)(H,21,24)(H,22,26,27). The van der Waals surface area contributed by atoms with Crippen molar-refractivity contribution in [3.63, 3.8) is 0 Å². The molecule has 3 rings (SSSR count). The third-order valence-electron chi connectivity index (χ3n) is 4.11. The Bertz CT molecular complexity index is 1130. The Morgan fingerprint density at radius 3 is 2.63 bits per heavy atom. The highest BCUT2D eigenvalue weighted by Gasteiger charge is 2.11. The molecule has 1 heterocycles. The largest absolute Gasteiger partial charge is 0.355 e. The Morgan fingerprint density at radius 2 is 1.85 bits per heavy atom. The maximum atomic E-state index is 12.3. The number of hydrogen-bond acceptors (Lipinski definition) is 4. The maximum absolute atomic E-state index is 12.3. The normalized spacial score (nSPS) is 10.6. The van der Waals surface area contributed by atoms with Crippen LogP contribution in [-0.4, -0.2) is 28.4 Å². The number of para-hydroxylation sites is 1. The lowest BCUT2D eigenvalue weighted by Gasteiger charge is -2.10. The summed E-state index contributed by atoms with van der Waals surface area (Å²) in [6, 6.07) is 13.5. The lowest BCUT2D eigenvalue weighted by atomic mass is 10.1. The van der Waals surface area contributed by atoms with Crippen molar-refractivity contribution in [2.75, 3.05) is 7.05 Å². The average molecular weight is 366 g/mol. The van der Waals surface area contributed by atoms with Crippen molar-refractivity contribution >= 4 is 22.7 Å². The summed E-state index contributed by atoms with van der Waals surface area (Å²) in [6.07, 6.45) is 0. The number of aromatic amines is 1. The second-order valence-corrected chi connectivity index (χ2v) is 5.92. The zero-order valence-corrected chi connectivity index (χ0v) is 14.6. The van der Waals surface area contributed by atoms with Gasteiger partial charge in [0.15, 0.2) is 0 Å². The SMILES string of the molecule is CNC(=O)c1cccc(CNC(=O)Cn2c(=O)[nH]c(=O)c3ccccc32)c1. The molecule has 2 amide bonds. The van der Waals surface area contributed by atoms with Crippen molar-refractivity contribution in [2.24, 2.45) is 0 Å². The highest BCUT2D eigenvalue weighted by Crippen LogP contribution is 2.07. The van der Waals surface area contributed by atoms with Crippen LogP contribution in [0.25, 0.3) is 10.9 Å². The van der Waals surface area contributed by atoms with Gasteiger partial charge < -0.3 is 10.6 Å². The molecule has 0 bridgehead atoms. The van der Waals surface area contributed by atoms with Gasteiger partial charge in [-0.1, -0.05) is 24.3 Å². The predicted octanol–water partition coefficient (Wildman–Crippen LogP) is 0.366. The Labute approximate surface area is 153 Å². The number of carbonyl (C=O) groups is 2. The number of fused-ring (bicyclic) bond motifs is 1. The summed E-state index contributed by atoms with van der Waals surface area (Å²) in [5.41, 5.74) is 0.506. The zero-order chi connectivity index (χ0) is 19.4. The van der Waals surface area contributed by atoms with Gasteiger partial charge >= 0.3 is 5.69 Å². The summed E-state index contributed by atoms with van der Waals surface area (Å²) in [7, 11) is 1.54. The summed E-state index contributed by atoms with van der Waals surface area (Å²) in [5.74, 6) is -0.603. The number of hydrogen-bond donors (Lipinski definition) is 3. The van der Waals surface area contributed by atoms with Crippen LogP contribution >= 0.6 is 0 Å². The molecule has 0 aliphatic heterocycles. The third kappa shape index (κ3) is 3.95. The fourth-order valence-electron chi connectivity index (χ4n) is 2.77. The number of benzene rings is 2. The molecule has 8 heteroatoms. The molecule has 3 N–H and O–H groups in total. The van der Waals surface area contributed by atoms with Gasteiger partial charge in [-0.05, 0) is 29.8 Å². The van der Waals surface area contributed by atoms with Gasteiger partial charge in [-0.3, -0.25) is 23.9 Å². The van der Waals surface area contributed by atoms with Gasteiger partial charge in [-0.15, -0.1) is 0 Å². The maximum Gasteiger partial charge on any atom is 0.329 e. The second kappa shape index (κ2) is 7.69. The molecule has 2 aromatic carbocycles. The first-order valence-electron chi connectivity index (χ1n) is 8.29. The van der Waals surface area contributed by atoms with Crippen LogP contribution < -0.4 is 21.9 Å². The van der Waals surface area contributed by atoms with E-state index in [9.17, 15) is 19.2 Å². The van der Waals surface area contributed by atoms with E-state index in [0.29, 0.717) is 16.5 Å². The number of H-pyrrole nitrogens is 1. The first-order chi connectivity index (χ1) is 13.0. The van der Waals surface area contributed by atoms with Gasteiger partial charge in [0.2, 0.25) is 5.91 Å². The summed E-state index contributed by atoms with van der Waals surface area (Å²) < 4.78 is 1.22. The number of carbonyl (C=O) groups excluding carboxylic acids is 2. The molecule has 0 radical (unpaired) electrons.